The molecule has 0 aliphatic heterocycles. The molecule has 0 saturated carbocycles. The molecule has 0 heterocycles. The topological polar surface area (TPSA) is 0 Å². The summed E-state index contributed by atoms with van der Waals surface area (Å²) in [4.78, 5) is 0. The molecule has 0 fully saturated rings. The minimum Gasteiger partial charge on any atom is -0.166 e. The molecule has 0 bridgehead atoms. The van der Waals surface area contributed by atoms with Crippen molar-refractivity contribution in [3.05, 3.63) is 70.8 Å². The fourth-order valence-corrected chi connectivity index (χ4v) is 2.34. The predicted molar refractivity (Wildman–Crippen MR) is 69.5 cm³/mol. The molecule has 20 heavy (non-hydrogen) atoms. The van der Waals surface area contributed by atoms with E-state index in [1.807, 2.05) is 30.3 Å². The van der Waals surface area contributed by atoms with Gasteiger partial charge >= 0.3 is 6.18 Å². The number of hydrogen-bond donors (Lipinski definition) is 0. The zero-order valence-corrected chi connectivity index (χ0v) is 13.0. The van der Waals surface area contributed by atoms with Gasteiger partial charge in [-0.15, -0.1) is 0 Å². The smallest absolute Gasteiger partial charge is 0.166 e. The van der Waals surface area contributed by atoms with E-state index in [9.17, 15) is 13.2 Å². The van der Waals surface area contributed by atoms with Crippen molar-refractivity contribution in [3.8, 4) is 0 Å². The van der Waals surface area contributed by atoms with Crippen LogP contribution in [0.4, 0.5) is 13.2 Å². The molecule has 0 amide bonds. The van der Waals surface area contributed by atoms with Gasteiger partial charge in [-0.2, -0.15) is 13.2 Å². The van der Waals surface area contributed by atoms with Gasteiger partial charge in [-0.05, 0) is 40.8 Å². The van der Waals surface area contributed by atoms with E-state index in [-0.39, 0.29) is 26.2 Å². The van der Waals surface area contributed by atoms with Gasteiger partial charge in [0.2, 0.25) is 0 Å². The molecule has 1 aliphatic rings. The summed E-state index contributed by atoms with van der Waals surface area (Å²) in [7, 11) is 0. The molecule has 0 nitrogen and oxygen atoms in total. The van der Waals surface area contributed by atoms with Crippen LogP contribution in [0.25, 0.3) is 11.6 Å². The third kappa shape index (κ3) is 2.96. The Morgan fingerprint density at radius 2 is 1.50 bits per heavy atom. The van der Waals surface area contributed by atoms with Crippen LogP contribution in [0, 0.1) is 0 Å². The van der Waals surface area contributed by atoms with E-state index in [4.69, 9.17) is 0 Å². The van der Waals surface area contributed by atoms with Crippen LogP contribution in [0.3, 0.4) is 0 Å². The Morgan fingerprint density at radius 1 is 0.850 bits per heavy atom. The maximum Gasteiger partial charge on any atom is 0.416 e. The first-order chi connectivity index (χ1) is 9.04. The van der Waals surface area contributed by atoms with Gasteiger partial charge in [-0.25, -0.2) is 0 Å². The third-order valence-electron chi connectivity index (χ3n) is 3.35. The number of fused-ring (bicyclic) bond motifs is 1. The first-order valence-corrected chi connectivity index (χ1v) is 6.00. The number of alkyl halides is 3. The van der Waals surface area contributed by atoms with Gasteiger partial charge in [0.15, 0.2) is 0 Å². The van der Waals surface area contributed by atoms with Crippen LogP contribution in [0.2, 0.25) is 0 Å². The molecule has 4 heteroatoms. The normalized spacial score (nSPS) is 13.4. The maximum absolute atomic E-state index is 12.5. The van der Waals surface area contributed by atoms with E-state index in [1.165, 1.54) is 5.56 Å². The maximum atomic E-state index is 12.5. The Hall–Kier alpha value is -1.15. The van der Waals surface area contributed by atoms with Gasteiger partial charge < -0.3 is 0 Å². The Balaban J connectivity index is 0.00000147. The second-order valence-electron chi connectivity index (χ2n) is 4.62. The van der Waals surface area contributed by atoms with Crippen molar-refractivity contribution in [2.45, 2.75) is 12.6 Å². The van der Waals surface area contributed by atoms with Crippen molar-refractivity contribution < 1.29 is 39.4 Å². The zero-order valence-electron chi connectivity index (χ0n) is 10.5. The molecule has 0 radical (unpaired) electrons. The van der Waals surface area contributed by atoms with Gasteiger partial charge in [0, 0.05) is 26.2 Å². The monoisotopic (exact) mass is 350 g/mol. The van der Waals surface area contributed by atoms with Gasteiger partial charge in [0.05, 0.1) is 5.56 Å². The van der Waals surface area contributed by atoms with Crippen molar-refractivity contribution in [1.29, 1.82) is 0 Å². The minimum atomic E-state index is -4.27. The quantitative estimate of drug-likeness (QED) is 0.692. The first-order valence-electron chi connectivity index (χ1n) is 6.00. The van der Waals surface area contributed by atoms with E-state index in [2.05, 4.69) is 0 Å². The largest absolute Gasteiger partial charge is 0.416 e. The van der Waals surface area contributed by atoms with E-state index >= 15 is 0 Å². The molecule has 0 spiro atoms. The van der Waals surface area contributed by atoms with Crippen LogP contribution in [0.15, 0.2) is 48.5 Å². The van der Waals surface area contributed by atoms with E-state index < -0.39 is 11.7 Å². The summed E-state index contributed by atoms with van der Waals surface area (Å²) >= 11 is 0. The average Bonchev–Trinajstić information content (AvgIpc) is 2.81. The summed E-state index contributed by atoms with van der Waals surface area (Å²) in [6.07, 6.45) is -1.45. The first kappa shape index (κ1) is 15.2. The van der Waals surface area contributed by atoms with Crippen LogP contribution >= 0.6 is 0 Å². The van der Waals surface area contributed by atoms with Gasteiger partial charge in [0.1, 0.15) is 0 Å². The van der Waals surface area contributed by atoms with E-state index in [0.29, 0.717) is 0 Å². The molecular formula is C16H11F3Zr. The second kappa shape index (κ2) is 5.69. The number of rotatable bonds is 1. The molecule has 0 saturated heterocycles. The molecule has 2 aromatic carbocycles. The summed E-state index contributed by atoms with van der Waals surface area (Å²) in [6.45, 7) is 0. The van der Waals surface area contributed by atoms with Crippen LogP contribution in [-0.4, -0.2) is 0 Å². The molecule has 0 unspecified atom stereocenters. The SMILES string of the molecule is FC(F)(F)c1ccc(C2=Cc3ccccc3C2)cc1.[Zr]. The van der Waals surface area contributed by atoms with Crippen molar-refractivity contribution in [2.75, 3.05) is 0 Å². The summed E-state index contributed by atoms with van der Waals surface area (Å²) < 4.78 is 37.5. The Morgan fingerprint density at radius 3 is 2.10 bits per heavy atom. The molecule has 2 aromatic rings. The molecule has 1 aliphatic carbocycles. The van der Waals surface area contributed by atoms with Crippen LogP contribution in [0.5, 0.6) is 0 Å². The van der Waals surface area contributed by atoms with Gasteiger partial charge in [0.25, 0.3) is 0 Å². The standard InChI is InChI=1S/C16H11F3.Zr/c17-16(18,19)15-7-5-11(6-8-15)14-9-12-3-1-2-4-13(12)10-14;/h1-9H,10H2;. The Labute approximate surface area is 134 Å². The van der Waals surface area contributed by atoms with Crippen molar-refractivity contribution in [1.82, 2.24) is 0 Å². The molecule has 100 valence electrons. The minimum absolute atomic E-state index is 0. The number of allylic oxidation sites excluding steroid dienone is 1. The molecule has 0 aromatic heterocycles. The van der Waals surface area contributed by atoms with Crippen LogP contribution in [0.1, 0.15) is 22.3 Å². The van der Waals surface area contributed by atoms with E-state index in [0.717, 1.165) is 35.3 Å². The van der Waals surface area contributed by atoms with E-state index in [1.54, 1.807) is 12.1 Å². The molecular weight excluding hydrogens is 340 g/mol. The average molecular weight is 351 g/mol. The Bertz CT molecular complexity index is 640. The summed E-state index contributed by atoms with van der Waals surface area (Å²) in [6, 6.07) is 13.4. The zero-order chi connectivity index (χ0) is 13.5. The van der Waals surface area contributed by atoms with Crippen molar-refractivity contribution in [2.24, 2.45) is 0 Å². The molecule has 0 N–H and O–H groups in total. The van der Waals surface area contributed by atoms with Crippen LogP contribution < -0.4 is 0 Å². The Kier molecular flexibility index (Phi) is 4.34. The van der Waals surface area contributed by atoms with Crippen molar-refractivity contribution >= 4 is 11.6 Å². The molecule has 3 rings (SSSR count). The predicted octanol–water partition coefficient (Wildman–Crippen LogP) is 4.80. The van der Waals surface area contributed by atoms with Gasteiger partial charge in [-0.3, -0.25) is 0 Å². The summed E-state index contributed by atoms with van der Waals surface area (Å²) in [5.41, 5.74) is 3.68. The second-order valence-corrected chi connectivity index (χ2v) is 4.62. The van der Waals surface area contributed by atoms with Crippen molar-refractivity contribution in [3.63, 3.8) is 0 Å². The fraction of sp³-hybridized carbons (Fsp3) is 0.125. The molecule has 0 atom stereocenters. The summed E-state index contributed by atoms with van der Waals surface area (Å²) in [5.74, 6) is 0. The summed E-state index contributed by atoms with van der Waals surface area (Å²) in [5, 5.41) is 0. The fourth-order valence-electron chi connectivity index (χ4n) is 2.34. The number of halogens is 3. The third-order valence-corrected chi connectivity index (χ3v) is 3.35. The number of hydrogen-bond acceptors (Lipinski definition) is 0. The van der Waals surface area contributed by atoms with Gasteiger partial charge in [-0.1, -0.05) is 42.5 Å². The van der Waals surface area contributed by atoms with Crippen LogP contribution in [-0.2, 0) is 38.8 Å². The number of benzene rings is 2.